The summed E-state index contributed by atoms with van der Waals surface area (Å²) in [5, 5.41) is 9.22. The molecular weight excluding hydrogens is 278 g/mol. The highest BCUT2D eigenvalue weighted by Gasteiger charge is 2.24. The molecule has 2 aliphatic heterocycles. The van der Waals surface area contributed by atoms with E-state index in [9.17, 15) is 9.59 Å². The molecule has 0 aromatic rings. The van der Waals surface area contributed by atoms with E-state index < -0.39 is 0 Å². The number of rotatable bonds is 4. The van der Waals surface area contributed by atoms with Crippen molar-refractivity contribution in [2.45, 2.75) is 45.1 Å². The summed E-state index contributed by atoms with van der Waals surface area (Å²) in [6, 6.07) is 0.113. The van der Waals surface area contributed by atoms with Gasteiger partial charge in [0.05, 0.1) is 0 Å². The van der Waals surface area contributed by atoms with Crippen LogP contribution in [0.2, 0.25) is 0 Å². The average molecular weight is 304 g/mol. The van der Waals surface area contributed by atoms with Gasteiger partial charge in [0, 0.05) is 25.4 Å². The first kappa shape index (κ1) is 17.2. The van der Waals surface area contributed by atoms with Gasteiger partial charge in [-0.15, -0.1) is 12.4 Å². The fourth-order valence-electron chi connectivity index (χ4n) is 2.97. The SMILES string of the molecule is CC(CC(=O)NC1CCC(=O)NC1)C1CCCNC1.Cl. The molecule has 2 fully saturated rings. The van der Waals surface area contributed by atoms with Gasteiger partial charge in [-0.3, -0.25) is 9.59 Å². The second kappa shape index (κ2) is 8.47. The molecule has 2 aliphatic rings. The first-order valence-corrected chi connectivity index (χ1v) is 7.42. The number of hydrogen-bond donors (Lipinski definition) is 3. The molecule has 3 atom stereocenters. The number of piperidine rings is 2. The Balaban J connectivity index is 0.00000200. The highest BCUT2D eigenvalue weighted by atomic mass is 35.5. The van der Waals surface area contributed by atoms with Crippen LogP contribution in [0.1, 0.15) is 39.0 Å². The Bertz CT molecular complexity index is 322. The molecule has 20 heavy (non-hydrogen) atoms. The maximum absolute atomic E-state index is 12.0. The minimum absolute atomic E-state index is 0. The molecule has 3 unspecified atom stereocenters. The minimum atomic E-state index is 0. The van der Waals surface area contributed by atoms with Gasteiger partial charge in [0.1, 0.15) is 0 Å². The molecule has 6 heteroatoms. The molecule has 2 saturated heterocycles. The fourth-order valence-corrected chi connectivity index (χ4v) is 2.97. The van der Waals surface area contributed by atoms with E-state index in [2.05, 4.69) is 22.9 Å². The monoisotopic (exact) mass is 303 g/mol. The van der Waals surface area contributed by atoms with E-state index in [0.717, 1.165) is 19.5 Å². The molecule has 2 heterocycles. The van der Waals surface area contributed by atoms with Crippen LogP contribution in [0, 0.1) is 11.8 Å². The lowest BCUT2D eigenvalue weighted by Gasteiger charge is -2.29. The van der Waals surface area contributed by atoms with Gasteiger partial charge >= 0.3 is 0 Å². The largest absolute Gasteiger partial charge is 0.354 e. The summed E-state index contributed by atoms with van der Waals surface area (Å²) in [4.78, 5) is 23.0. The molecule has 0 aromatic carbocycles. The summed E-state index contributed by atoms with van der Waals surface area (Å²) in [6.45, 7) is 4.88. The van der Waals surface area contributed by atoms with Crippen molar-refractivity contribution in [3.63, 3.8) is 0 Å². The lowest BCUT2D eigenvalue weighted by atomic mass is 9.85. The van der Waals surface area contributed by atoms with Crippen molar-refractivity contribution in [2.24, 2.45) is 11.8 Å². The van der Waals surface area contributed by atoms with Gasteiger partial charge in [0.15, 0.2) is 0 Å². The molecule has 0 radical (unpaired) electrons. The molecule has 116 valence electrons. The Labute approximate surface area is 127 Å². The van der Waals surface area contributed by atoms with Gasteiger partial charge in [-0.1, -0.05) is 6.92 Å². The van der Waals surface area contributed by atoms with Crippen molar-refractivity contribution in [3.8, 4) is 0 Å². The van der Waals surface area contributed by atoms with Gasteiger partial charge in [-0.2, -0.15) is 0 Å². The molecule has 2 amide bonds. The number of carbonyl (C=O) groups excluding carboxylic acids is 2. The summed E-state index contributed by atoms with van der Waals surface area (Å²) < 4.78 is 0. The quantitative estimate of drug-likeness (QED) is 0.720. The number of halogens is 1. The zero-order valence-corrected chi connectivity index (χ0v) is 12.9. The third-order valence-corrected chi connectivity index (χ3v) is 4.28. The van der Waals surface area contributed by atoms with Crippen LogP contribution < -0.4 is 16.0 Å². The first-order valence-electron chi connectivity index (χ1n) is 7.42. The highest BCUT2D eigenvalue weighted by Crippen LogP contribution is 2.22. The predicted octanol–water partition coefficient (Wildman–Crippen LogP) is 0.829. The summed E-state index contributed by atoms with van der Waals surface area (Å²) in [5.74, 6) is 1.25. The van der Waals surface area contributed by atoms with Crippen molar-refractivity contribution >= 4 is 24.2 Å². The third-order valence-electron chi connectivity index (χ3n) is 4.28. The van der Waals surface area contributed by atoms with Crippen molar-refractivity contribution in [1.29, 1.82) is 0 Å². The Morgan fingerprint density at radius 1 is 1.40 bits per heavy atom. The maximum atomic E-state index is 12.0. The van der Waals surface area contributed by atoms with Crippen molar-refractivity contribution < 1.29 is 9.59 Å². The predicted molar refractivity (Wildman–Crippen MR) is 80.8 cm³/mol. The average Bonchev–Trinajstić information content (AvgIpc) is 2.42. The molecule has 0 saturated carbocycles. The van der Waals surface area contributed by atoms with Crippen LogP contribution in [0.25, 0.3) is 0 Å². The summed E-state index contributed by atoms with van der Waals surface area (Å²) >= 11 is 0. The van der Waals surface area contributed by atoms with Gasteiger partial charge in [0.2, 0.25) is 11.8 Å². The van der Waals surface area contributed by atoms with E-state index in [4.69, 9.17) is 0 Å². The molecule has 2 rings (SSSR count). The van der Waals surface area contributed by atoms with Gasteiger partial charge in [0.25, 0.3) is 0 Å². The zero-order valence-electron chi connectivity index (χ0n) is 12.1. The van der Waals surface area contributed by atoms with Crippen molar-refractivity contribution in [3.05, 3.63) is 0 Å². The van der Waals surface area contributed by atoms with Crippen molar-refractivity contribution in [2.75, 3.05) is 19.6 Å². The standard InChI is InChI=1S/C14H25N3O2.ClH/c1-10(11-3-2-6-15-8-11)7-14(19)17-12-4-5-13(18)16-9-12;/h10-12,15H,2-9H2,1H3,(H,16,18)(H,17,19);1H. The fraction of sp³-hybridized carbons (Fsp3) is 0.857. The van der Waals surface area contributed by atoms with Crippen LogP contribution >= 0.6 is 12.4 Å². The van der Waals surface area contributed by atoms with E-state index in [1.807, 2.05) is 0 Å². The van der Waals surface area contributed by atoms with Crippen LogP contribution in [0.15, 0.2) is 0 Å². The molecule has 0 spiro atoms. The van der Waals surface area contributed by atoms with E-state index in [-0.39, 0.29) is 30.3 Å². The first-order chi connectivity index (χ1) is 9.15. The van der Waals surface area contributed by atoms with Crippen LogP contribution in [0.5, 0.6) is 0 Å². The van der Waals surface area contributed by atoms with E-state index in [1.54, 1.807) is 0 Å². The highest BCUT2D eigenvalue weighted by molar-refractivity contribution is 5.85. The number of hydrogen-bond acceptors (Lipinski definition) is 3. The zero-order chi connectivity index (χ0) is 13.7. The topological polar surface area (TPSA) is 70.2 Å². The minimum Gasteiger partial charge on any atom is -0.354 e. The van der Waals surface area contributed by atoms with Gasteiger partial charge < -0.3 is 16.0 Å². The third kappa shape index (κ3) is 5.29. The lowest BCUT2D eigenvalue weighted by molar-refractivity contribution is -0.126. The maximum Gasteiger partial charge on any atom is 0.220 e. The van der Waals surface area contributed by atoms with E-state index in [1.165, 1.54) is 12.8 Å². The summed E-state index contributed by atoms with van der Waals surface area (Å²) in [7, 11) is 0. The summed E-state index contributed by atoms with van der Waals surface area (Å²) in [6.07, 6.45) is 4.31. The molecule has 3 N–H and O–H groups in total. The van der Waals surface area contributed by atoms with Crippen molar-refractivity contribution in [1.82, 2.24) is 16.0 Å². The molecule has 0 aliphatic carbocycles. The molecular formula is C14H26ClN3O2. The second-order valence-electron chi connectivity index (χ2n) is 5.90. The summed E-state index contributed by atoms with van der Waals surface area (Å²) in [5.41, 5.74) is 0. The Kier molecular flexibility index (Phi) is 7.30. The smallest absolute Gasteiger partial charge is 0.220 e. The molecule has 0 bridgehead atoms. The number of amides is 2. The Morgan fingerprint density at radius 2 is 2.20 bits per heavy atom. The van der Waals surface area contributed by atoms with E-state index >= 15 is 0 Å². The van der Waals surface area contributed by atoms with Gasteiger partial charge in [-0.05, 0) is 44.2 Å². The Hall–Kier alpha value is -0.810. The normalized spacial score (nSPS) is 27.9. The molecule has 5 nitrogen and oxygen atoms in total. The molecule has 0 aromatic heterocycles. The van der Waals surface area contributed by atoms with Gasteiger partial charge in [-0.25, -0.2) is 0 Å². The lowest BCUT2D eigenvalue weighted by Crippen LogP contribution is -2.48. The Morgan fingerprint density at radius 3 is 2.80 bits per heavy atom. The number of carbonyl (C=O) groups is 2. The van der Waals surface area contributed by atoms with Crippen LogP contribution in [-0.2, 0) is 9.59 Å². The van der Waals surface area contributed by atoms with Crippen LogP contribution in [-0.4, -0.2) is 37.5 Å². The number of nitrogens with one attached hydrogen (secondary N) is 3. The van der Waals surface area contributed by atoms with Crippen LogP contribution in [0.3, 0.4) is 0 Å². The van der Waals surface area contributed by atoms with E-state index in [0.29, 0.717) is 31.2 Å². The van der Waals surface area contributed by atoms with Crippen LogP contribution in [0.4, 0.5) is 0 Å². The second-order valence-corrected chi connectivity index (χ2v) is 5.90.